The zero-order valence-electron chi connectivity index (χ0n) is 14.8. The van der Waals surface area contributed by atoms with Crippen LogP contribution < -0.4 is 10.2 Å². The van der Waals surface area contributed by atoms with Gasteiger partial charge in [-0.3, -0.25) is 9.78 Å². The number of carbonyl (C=O) groups excluding carboxylic acids is 1. The molecule has 1 aromatic heterocycles. The predicted octanol–water partition coefficient (Wildman–Crippen LogP) is 3.05. The van der Waals surface area contributed by atoms with E-state index < -0.39 is 0 Å². The smallest absolute Gasteiger partial charge is 0.223 e. The number of piperidine rings is 1. The summed E-state index contributed by atoms with van der Waals surface area (Å²) in [5.74, 6) is 0.0706. The Bertz CT molecular complexity index is 908. The number of nitrogens with zero attached hydrogens (tertiary/aromatic N) is 3. The summed E-state index contributed by atoms with van der Waals surface area (Å²) >= 11 is 0. The van der Waals surface area contributed by atoms with Crippen LogP contribution >= 0.6 is 0 Å². The van der Waals surface area contributed by atoms with E-state index in [2.05, 4.69) is 21.3 Å². The molecular formula is C20H21FN4O. The van der Waals surface area contributed by atoms with Crippen LogP contribution in [0.25, 0.3) is 10.9 Å². The van der Waals surface area contributed by atoms with Crippen LogP contribution in [0, 0.1) is 30.0 Å². The van der Waals surface area contributed by atoms with Crippen LogP contribution in [0.5, 0.6) is 0 Å². The van der Waals surface area contributed by atoms with Crippen molar-refractivity contribution < 1.29 is 9.18 Å². The minimum absolute atomic E-state index is 0.174. The number of hydrogen-bond acceptors (Lipinski definition) is 4. The highest BCUT2D eigenvalue weighted by Gasteiger charge is 2.32. The molecule has 0 atom stereocenters. The van der Waals surface area contributed by atoms with Crippen molar-refractivity contribution in [3.8, 4) is 6.07 Å². The third-order valence-corrected chi connectivity index (χ3v) is 5.32. The highest BCUT2D eigenvalue weighted by Crippen LogP contribution is 2.34. The van der Waals surface area contributed by atoms with Gasteiger partial charge in [-0.25, -0.2) is 4.39 Å². The first-order valence-electron chi connectivity index (χ1n) is 9.11. The Balaban J connectivity index is 1.60. The molecule has 1 aliphatic carbocycles. The van der Waals surface area contributed by atoms with Gasteiger partial charge >= 0.3 is 0 Å². The highest BCUT2D eigenvalue weighted by atomic mass is 19.1. The summed E-state index contributed by atoms with van der Waals surface area (Å²) in [6.45, 7) is 3.27. The fourth-order valence-corrected chi connectivity index (χ4v) is 3.76. The van der Waals surface area contributed by atoms with Gasteiger partial charge in [0, 0.05) is 36.6 Å². The van der Waals surface area contributed by atoms with Gasteiger partial charge < -0.3 is 10.2 Å². The van der Waals surface area contributed by atoms with Gasteiger partial charge in [-0.2, -0.15) is 5.26 Å². The average Bonchev–Trinajstić information content (AvgIpc) is 3.46. The van der Waals surface area contributed by atoms with Crippen molar-refractivity contribution in [2.24, 2.45) is 5.92 Å². The molecule has 2 fully saturated rings. The fraction of sp³-hybridized carbons (Fsp3) is 0.450. The molecule has 2 aromatic rings. The second kappa shape index (κ2) is 6.56. The molecule has 2 heterocycles. The summed E-state index contributed by atoms with van der Waals surface area (Å²) < 4.78 is 14.0. The average molecular weight is 352 g/mol. The normalized spacial score (nSPS) is 18.0. The Morgan fingerprint density at radius 2 is 2.04 bits per heavy atom. The van der Waals surface area contributed by atoms with Crippen LogP contribution in [0.15, 0.2) is 18.3 Å². The van der Waals surface area contributed by atoms with Crippen LogP contribution in [0.4, 0.5) is 10.1 Å². The Labute approximate surface area is 151 Å². The first-order valence-corrected chi connectivity index (χ1v) is 9.11. The number of nitriles is 1. The third kappa shape index (κ3) is 3.10. The van der Waals surface area contributed by atoms with E-state index in [-0.39, 0.29) is 23.7 Å². The van der Waals surface area contributed by atoms with E-state index in [1.54, 1.807) is 6.20 Å². The standard InChI is InChI=1S/C20H21FN4O/c1-12-8-15(21)9-17-18(12)23-11-14(10-22)19(17)25-6-4-16(5-7-25)24-20(26)13-2-3-13/h8-9,11,13,16H,2-7H2,1H3,(H,24,26). The lowest BCUT2D eigenvalue weighted by Crippen LogP contribution is -2.45. The Hall–Kier alpha value is -2.68. The van der Waals surface area contributed by atoms with Crippen LogP contribution in [-0.4, -0.2) is 30.0 Å². The molecule has 1 N–H and O–H groups in total. The summed E-state index contributed by atoms with van der Waals surface area (Å²) in [6, 6.07) is 5.30. The van der Waals surface area contributed by atoms with E-state index in [1.807, 2.05) is 6.92 Å². The molecule has 1 aliphatic heterocycles. The number of halogens is 1. The molecule has 0 spiro atoms. The minimum atomic E-state index is -0.320. The van der Waals surface area contributed by atoms with E-state index in [4.69, 9.17) is 0 Å². The molecule has 5 nitrogen and oxygen atoms in total. The lowest BCUT2D eigenvalue weighted by atomic mass is 10.0. The summed E-state index contributed by atoms with van der Waals surface area (Å²) in [5, 5.41) is 13.3. The number of amides is 1. The Morgan fingerprint density at radius 3 is 2.69 bits per heavy atom. The lowest BCUT2D eigenvalue weighted by Gasteiger charge is -2.35. The molecular weight excluding hydrogens is 331 g/mol. The van der Waals surface area contributed by atoms with Crippen LogP contribution in [0.2, 0.25) is 0 Å². The van der Waals surface area contributed by atoms with Gasteiger partial charge in [0.15, 0.2) is 0 Å². The molecule has 1 amide bonds. The van der Waals surface area contributed by atoms with Gasteiger partial charge in [-0.1, -0.05) is 0 Å². The zero-order chi connectivity index (χ0) is 18.3. The minimum Gasteiger partial charge on any atom is -0.370 e. The van der Waals surface area contributed by atoms with Crippen molar-refractivity contribution in [1.29, 1.82) is 5.26 Å². The van der Waals surface area contributed by atoms with Crippen LogP contribution in [0.1, 0.15) is 36.8 Å². The number of aromatic nitrogens is 1. The van der Waals surface area contributed by atoms with E-state index >= 15 is 0 Å². The Kier molecular flexibility index (Phi) is 4.23. The molecule has 1 saturated carbocycles. The number of rotatable bonds is 3. The monoisotopic (exact) mass is 352 g/mol. The number of aryl methyl sites for hydroxylation is 1. The zero-order valence-corrected chi connectivity index (χ0v) is 14.8. The van der Waals surface area contributed by atoms with Crippen LogP contribution in [-0.2, 0) is 4.79 Å². The first kappa shape index (κ1) is 16.8. The fourth-order valence-electron chi connectivity index (χ4n) is 3.76. The van der Waals surface area contributed by atoms with E-state index in [9.17, 15) is 14.4 Å². The van der Waals surface area contributed by atoms with Gasteiger partial charge in [0.2, 0.25) is 5.91 Å². The number of benzene rings is 1. The van der Waals surface area contributed by atoms with Crippen molar-refractivity contribution in [3.05, 3.63) is 35.3 Å². The van der Waals surface area contributed by atoms with Gasteiger partial charge in [-0.15, -0.1) is 0 Å². The van der Waals surface area contributed by atoms with Gasteiger partial charge in [0.25, 0.3) is 0 Å². The molecule has 0 bridgehead atoms. The highest BCUT2D eigenvalue weighted by molar-refractivity contribution is 5.96. The molecule has 0 unspecified atom stereocenters. The van der Waals surface area contributed by atoms with Crippen molar-refractivity contribution in [2.45, 2.75) is 38.6 Å². The first-order chi connectivity index (χ1) is 12.6. The molecule has 1 aromatic carbocycles. The maximum atomic E-state index is 14.0. The van der Waals surface area contributed by atoms with E-state index in [0.29, 0.717) is 10.9 Å². The molecule has 134 valence electrons. The quantitative estimate of drug-likeness (QED) is 0.922. The predicted molar refractivity (Wildman–Crippen MR) is 97.3 cm³/mol. The number of carbonyl (C=O) groups is 1. The molecule has 2 aliphatic rings. The number of fused-ring (bicyclic) bond motifs is 1. The molecule has 6 heteroatoms. The number of nitrogens with one attached hydrogen (secondary N) is 1. The molecule has 4 rings (SSSR count). The SMILES string of the molecule is Cc1cc(F)cc2c(N3CCC(NC(=O)C4CC4)CC3)c(C#N)cnc12. The van der Waals surface area contributed by atoms with Gasteiger partial charge in [-0.05, 0) is 50.3 Å². The number of hydrogen-bond donors (Lipinski definition) is 1. The van der Waals surface area contributed by atoms with E-state index in [1.165, 1.54) is 12.1 Å². The van der Waals surface area contributed by atoms with Gasteiger partial charge in [0.05, 0.1) is 16.8 Å². The summed E-state index contributed by atoms with van der Waals surface area (Å²) in [7, 11) is 0. The van der Waals surface area contributed by atoms with Crippen molar-refractivity contribution >= 4 is 22.5 Å². The number of anilines is 1. The van der Waals surface area contributed by atoms with Crippen LogP contribution in [0.3, 0.4) is 0 Å². The van der Waals surface area contributed by atoms with Crippen molar-refractivity contribution in [2.75, 3.05) is 18.0 Å². The molecule has 26 heavy (non-hydrogen) atoms. The summed E-state index contributed by atoms with van der Waals surface area (Å²) in [5.41, 5.74) is 2.71. The second-order valence-corrected chi connectivity index (χ2v) is 7.30. The van der Waals surface area contributed by atoms with Crippen molar-refractivity contribution in [1.82, 2.24) is 10.3 Å². The third-order valence-electron chi connectivity index (χ3n) is 5.32. The van der Waals surface area contributed by atoms with Crippen molar-refractivity contribution in [3.63, 3.8) is 0 Å². The maximum absolute atomic E-state index is 14.0. The van der Waals surface area contributed by atoms with Gasteiger partial charge in [0.1, 0.15) is 11.9 Å². The summed E-state index contributed by atoms with van der Waals surface area (Å²) in [4.78, 5) is 18.4. The second-order valence-electron chi connectivity index (χ2n) is 7.30. The summed E-state index contributed by atoms with van der Waals surface area (Å²) in [6.07, 6.45) is 5.22. The lowest BCUT2D eigenvalue weighted by molar-refractivity contribution is -0.123. The Morgan fingerprint density at radius 1 is 1.31 bits per heavy atom. The molecule has 1 saturated heterocycles. The maximum Gasteiger partial charge on any atom is 0.223 e. The topological polar surface area (TPSA) is 69.0 Å². The largest absolute Gasteiger partial charge is 0.370 e. The van der Waals surface area contributed by atoms with E-state index in [0.717, 1.165) is 55.5 Å². The molecule has 0 radical (unpaired) electrons. The number of pyridine rings is 1.